The number of carbonyl (C=O) groups excluding carboxylic acids is 1. The van der Waals surface area contributed by atoms with E-state index in [1.54, 1.807) is 6.07 Å². The molecule has 0 atom stereocenters. The molecule has 0 spiro atoms. The number of hydrogen-bond donors (Lipinski definition) is 0. The van der Waals surface area contributed by atoms with Crippen LogP contribution in [0.15, 0.2) is 41.0 Å². The van der Waals surface area contributed by atoms with Crippen molar-refractivity contribution in [3.05, 3.63) is 42.4 Å². The lowest BCUT2D eigenvalue weighted by Gasteiger charge is -2.03. The van der Waals surface area contributed by atoms with E-state index in [1.165, 1.54) is 6.26 Å². The maximum atomic E-state index is 10.7. The van der Waals surface area contributed by atoms with Crippen molar-refractivity contribution in [1.82, 2.24) is 0 Å². The number of hydrogen-bond acceptors (Lipinski definition) is 3. The average Bonchev–Trinajstić information content (AvgIpc) is 2.78. The first kappa shape index (κ1) is 10.5. The van der Waals surface area contributed by atoms with Crippen molar-refractivity contribution in [2.24, 2.45) is 0 Å². The van der Waals surface area contributed by atoms with Crippen molar-refractivity contribution in [2.45, 2.75) is 6.92 Å². The van der Waals surface area contributed by atoms with Crippen LogP contribution in [0.5, 0.6) is 5.75 Å². The molecule has 82 valence electrons. The first-order chi connectivity index (χ1) is 7.85. The summed E-state index contributed by atoms with van der Waals surface area (Å²) in [6.07, 6.45) is 2.22. The number of rotatable bonds is 4. The molecule has 1 aromatic carbocycles. The van der Waals surface area contributed by atoms with Crippen LogP contribution in [0, 0.1) is 0 Å². The molecule has 0 fully saturated rings. The highest BCUT2D eigenvalue weighted by Crippen LogP contribution is 2.25. The fourth-order valence-electron chi connectivity index (χ4n) is 1.55. The predicted octanol–water partition coefficient (Wildman–Crippen LogP) is 3.16. The van der Waals surface area contributed by atoms with E-state index in [4.69, 9.17) is 9.15 Å². The third-order valence-corrected chi connectivity index (χ3v) is 2.28. The maximum Gasteiger partial charge on any atom is 0.185 e. The Morgan fingerprint density at radius 1 is 1.25 bits per heavy atom. The Morgan fingerprint density at radius 3 is 2.62 bits per heavy atom. The first-order valence-corrected chi connectivity index (χ1v) is 5.11. The number of ether oxygens (including phenoxy) is 1. The van der Waals surface area contributed by atoms with Crippen molar-refractivity contribution in [2.75, 3.05) is 6.61 Å². The van der Waals surface area contributed by atoms with E-state index in [-0.39, 0.29) is 0 Å². The fourth-order valence-corrected chi connectivity index (χ4v) is 1.55. The minimum absolute atomic E-state index is 0.351. The topological polar surface area (TPSA) is 39.4 Å². The summed E-state index contributed by atoms with van der Waals surface area (Å²) in [7, 11) is 0. The van der Waals surface area contributed by atoms with E-state index in [9.17, 15) is 4.79 Å². The molecule has 0 amide bonds. The highest BCUT2D eigenvalue weighted by atomic mass is 16.5. The minimum Gasteiger partial charge on any atom is -0.494 e. The summed E-state index contributed by atoms with van der Waals surface area (Å²) >= 11 is 0. The van der Waals surface area contributed by atoms with Gasteiger partial charge in [-0.1, -0.05) is 12.1 Å². The van der Waals surface area contributed by atoms with E-state index in [0.717, 1.165) is 16.9 Å². The Kier molecular flexibility index (Phi) is 3.05. The van der Waals surface area contributed by atoms with Crippen molar-refractivity contribution >= 4 is 6.29 Å². The Morgan fingerprint density at radius 2 is 2.00 bits per heavy atom. The number of furan rings is 1. The third-order valence-electron chi connectivity index (χ3n) is 2.28. The Labute approximate surface area is 93.7 Å². The van der Waals surface area contributed by atoms with Gasteiger partial charge in [-0.15, -0.1) is 0 Å². The van der Waals surface area contributed by atoms with Crippen LogP contribution in [-0.4, -0.2) is 12.9 Å². The second kappa shape index (κ2) is 4.66. The van der Waals surface area contributed by atoms with Crippen LogP contribution < -0.4 is 4.74 Å². The molecule has 0 bridgehead atoms. The highest BCUT2D eigenvalue weighted by Gasteiger charge is 2.07. The van der Waals surface area contributed by atoms with E-state index >= 15 is 0 Å². The molecule has 0 N–H and O–H groups in total. The molecule has 0 aliphatic rings. The van der Waals surface area contributed by atoms with Crippen molar-refractivity contribution in [3.63, 3.8) is 0 Å². The molecule has 3 heteroatoms. The lowest BCUT2D eigenvalue weighted by molar-refractivity contribution is 0.110. The zero-order valence-corrected chi connectivity index (χ0v) is 8.97. The second-order valence-corrected chi connectivity index (χ2v) is 3.27. The Bertz CT molecular complexity index is 468. The molecule has 1 heterocycles. The number of carbonyl (C=O) groups is 1. The van der Waals surface area contributed by atoms with Crippen LogP contribution in [0.3, 0.4) is 0 Å². The minimum atomic E-state index is 0.351. The van der Waals surface area contributed by atoms with Gasteiger partial charge in [0.05, 0.1) is 12.9 Å². The van der Waals surface area contributed by atoms with Gasteiger partial charge in [-0.25, -0.2) is 0 Å². The molecule has 0 aliphatic carbocycles. The Hall–Kier alpha value is -2.03. The standard InChI is InChI=1S/C13H12O3/c1-2-15-11-5-3-10(4-6-11)12-7-8-16-13(12)9-14/h3-9H,2H2,1H3. The molecule has 3 nitrogen and oxygen atoms in total. The summed E-state index contributed by atoms with van der Waals surface area (Å²) in [5.41, 5.74) is 1.75. The summed E-state index contributed by atoms with van der Waals surface area (Å²) in [6, 6.07) is 9.34. The zero-order valence-electron chi connectivity index (χ0n) is 8.97. The van der Waals surface area contributed by atoms with Gasteiger partial charge < -0.3 is 9.15 Å². The predicted molar refractivity (Wildman–Crippen MR) is 60.7 cm³/mol. The van der Waals surface area contributed by atoms with Crippen molar-refractivity contribution < 1.29 is 13.9 Å². The van der Waals surface area contributed by atoms with Crippen LogP contribution in [0.1, 0.15) is 17.5 Å². The maximum absolute atomic E-state index is 10.7. The summed E-state index contributed by atoms with van der Waals surface area (Å²) in [4.78, 5) is 10.7. The van der Waals surface area contributed by atoms with Gasteiger partial charge in [0.1, 0.15) is 5.75 Å². The SMILES string of the molecule is CCOc1ccc(-c2ccoc2C=O)cc1. The molecule has 0 unspecified atom stereocenters. The van der Waals surface area contributed by atoms with Crippen LogP contribution in [0.25, 0.3) is 11.1 Å². The zero-order chi connectivity index (χ0) is 11.4. The molecule has 2 aromatic rings. The van der Waals surface area contributed by atoms with Gasteiger partial charge in [0.25, 0.3) is 0 Å². The summed E-state index contributed by atoms with van der Waals surface area (Å²) in [5, 5.41) is 0. The highest BCUT2D eigenvalue weighted by molar-refractivity contribution is 5.84. The first-order valence-electron chi connectivity index (χ1n) is 5.11. The molecule has 0 saturated heterocycles. The molecule has 1 aromatic heterocycles. The third kappa shape index (κ3) is 1.98. The van der Waals surface area contributed by atoms with Crippen molar-refractivity contribution in [3.8, 4) is 16.9 Å². The summed E-state index contributed by atoms with van der Waals surface area (Å²) < 4.78 is 10.4. The monoisotopic (exact) mass is 216 g/mol. The smallest absolute Gasteiger partial charge is 0.185 e. The van der Waals surface area contributed by atoms with Gasteiger partial charge in [0, 0.05) is 5.56 Å². The van der Waals surface area contributed by atoms with Gasteiger partial charge in [-0.3, -0.25) is 4.79 Å². The van der Waals surface area contributed by atoms with E-state index in [1.807, 2.05) is 31.2 Å². The van der Waals surface area contributed by atoms with Crippen LogP contribution in [-0.2, 0) is 0 Å². The number of benzene rings is 1. The van der Waals surface area contributed by atoms with E-state index < -0.39 is 0 Å². The van der Waals surface area contributed by atoms with Crippen LogP contribution in [0.4, 0.5) is 0 Å². The van der Waals surface area contributed by atoms with Gasteiger partial charge in [-0.2, -0.15) is 0 Å². The Balaban J connectivity index is 2.31. The number of aldehydes is 1. The van der Waals surface area contributed by atoms with Gasteiger partial charge in [0.2, 0.25) is 0 Å². The van der Waals surface area contributed by atoms with Crippen LogP contribution >= 0.6 is 0 Å². The lowest BCUT2D eigenvalue weighted by Crippen LogP contribution is -1.90. The summed E-state index contributed by atoms with van der Waals surface area (Å²) in [5.74, 6) is 1.17. The van der Waals surface area contributed by atoms with E-state index in [0.29, 0.717) is 18.7 Å². The quantitative estimate of drug-likeness (QED) is 0.737. The van der Waals surface area contributed by atoms with E-state index in [2.05, 4.69) is 0 Å². The molecule has 0 saturated carbocycles. The normalized spacial score (nSPS) is 10.1. The summed E-state index contributed by atoms with van der Waals surface area (Å²) in [6.45, 7) is 2.58. The van der Waals surface area contributed by atoms with Gasteiger partial charge in [0.15, 0.2) is 12.0 Å². The molecular formula is C13H12O3. The largest absolute Gasteiger partial charge is 0.494 e. The molecule has 0 radical (unpaired) electrons. The molecular weight excluding hydrogens is 204 g/mol. The molecule has 0 aliphatic heterocycles. The lowest BCUT2D eigenvalue weighted by atomic mass is 10.1. The second-order valence-electron chi connectivity index (χ2n) is 3.27. The average molecular weight is 216 g/mol. The molecule has 2 rings (SSSR count). The van der Waals surface area contributed by atoms with Gasteiger partial charge >= 0.3 is 0 Å². The van der Waals surface area contributed by atoms with Crippen LogP contribution in [0.2, 0.25) is 0 Å². The van der Waals surface area contributed by atoms with Gasteiger partial charge in [-0.05, 0) is 30.7 Å². The fraction of sp³-hybridized carbons (Fsp3) is 0.154. The van der Waals surface area contributed by atoms with Crippen molar-refractivity contribution in [1.29, 1.82) is 0 Å². The molecule has 16 heavy (non-hydrogen) atoms.